The van der Waals surface area contributed by atoms with Crippen LogP contribution < -0.4 is 10.6 Å². The average Bonchev–Trinajstić information content (AvgIpc) is 3.01. The van der Waals surface area contributed by atoms with Crippen LogP contribution in [-0.4, -0.2) is 47.3 Å². The van der Waals surface area contributed by atoms with Gasteiger partial charge in [0.2, 0.25) is 11.8 Å². The van der Waals surface area contributed by atoms with Gasteiger partial charge in [0.25, 0.3) is 0 Å². The average molecular weight is 645 g/mol. The summed E-state index contributed by atoms with van der Waals surface area (Å²) < 4.78 is 0. The zero-order chi connectivity index (χ0) is 34.0. The van der Waals surface area contributed by atoms with Crippen LogP contribution in [0.3, 0.4) is 0 Å². The summed E-state index contributed by atoms with van der Waals surface area (Å²) in [5.41, 5.74) is 1.42. The van der Waals surface area contributed by atoms with Gasteiger partial charge in [0, 0.05) is 19.2 Å². The van der Waals surface area contributed by atoms with E-state index in [-0.39, 0.29) is 50.9 Å². The van der Waals surface area contributed by atoms with Crippen molar-refractivity contribution in [3.05, 3.63) is 53.6 Å². The molecule has 0 spiro atoms. The maximum absolute atomic E-state index is 14.4. The summed E-state index contributed by atoms with van der Waals surface area (Å²) in [6.07, 6.45) is 13.0. The van der Waals surface area contributed by atoms with Crippen molar-refractivity contribution in [1.82, 2.24) is 10.6 Å². The summed E-state index contributed by atoms with van der Waals surface area (Å²) >= 11 is 0. The SMILES string of the molecule is CC1(C)CC[C@]2(C(=O)NCCNC(=O)/C=C/c3ccccc3)[C@H](O)C[C@]3(C)C(=CC[C@@H]4[C@@]5(C)CC[C@H](O)C(C)(C)[C@@H]5CC[C@]43C)[C@@H]2C1. The van der Waals surface area contributed by atoms with E-state index in [9.17, 15) is 19.8 Å². The van der Waals surface area contributed by atoms with E-state index in [4.69, 9.17) is 0 Å². The molecule has 9 atom stereocenters. The van der Waals surface area contributed by atoms with Gasteiger partial charge in [-0.3, -0.25) is 9.59 Å². The lowest BCUT2D eigenvalue weighted by molar-refractivity contribution is -0.215. The first kappa shape index (κ1) is 34.4. The minimum Gasteiger partial charge on any atom is -0.393 e. The summed E-state index contributed by atoms with van der Waals surface area (Å²) in [5.74, 6) is 0.668. The highest BCUT2D eigenvalue weighted by atomic mass is 16.3. The van der Waals surface area contributed by atoms with Crippen LogP contribution in [0.15, 0.2) is 48.1 Å². The minimum atomic E-state index is -0.862. The Hall–Kier alpha value is -2.44. The van der Waals surface area contributed by atoms with Crippen molar-refractivity contribution in [3.8, 4) is 0 Å². The number of aliphatic hydroxyl groups excluding tert-OH is 2. The predicted molar refractivity (Wildman–Crippen MR) is 188 cm³/mol. The van der Waals surface area contributed by atoms with Gasteiger partial charge in [-0.15, -0.1) is 0 Å². The fourth-order valence-corrected chi connectivity index (χ4v) is 12.1. The van der Waals surface area contributed by atoms with Gasteiger partial charge < -0.3 is 20.8 Å². The van der Waals surface area contributed by atoms with Crippen molar-refractivity contribution in [2.24, 2.45) is 50.2 Å². The summed E-state index contributed by atoms with van der Waals surface area (Å²) in [4.78, 5) is 26.8. The molecule has 47 heavy (non-hydrogen) atoms. The molecule has 0 saturated heterocycles. The quantitative estimate of drug-likeness (QED) is 0.151. The molecule has 0 radical (unpaired) electrons. The van der Waals surface area contributed by atoms with E-state index in [1.807, 2.05) is 30.3 Å². The van der Waals surface area contributed by atoms with Crippen LogP contribution in [0.25, 0.3) is 6.08 Å². The maximum Gasteiger partial charge on any atom is 0.244 e. The van der Waals surface area contributed by atoms with Crippen LogP contribution in [0.2, 0.25) is 0 Å². The number of carbonyl (C=O) groups excluding carboxylic acids is 2. The van der Waals surface area contributed by atoms with Crippen molar-refractivity contribution in [2.75, 3.05) is 13.1 Å². The normalized spacial score (nSPS) is 41.8. The summed E-state index contributed by atoms with van der Waals surface area (Å²) in [6.45, 7) is 17.3. The number of amides is 2. The number of rotatable bonds is 6. The highest BCUT2D eigenvalue weighted by Gasteiger charge is 2.71. The van der Waals surface area contributed by atoms with Crippen LogP contribution >= 0.6 is 0 Å². The van der Waals surface area contributed by atoms with Crippen LogP contribution in [-0.2, 0) is 9.59 Å². The van der Waals surface area contributed by atoms with E-state index in [1.165, 1.54) is 11.6 Å². The number of hydrogen-bond donors (Lipinski definition) is 4. The number of nitrogens with one attached hydrogen (secondary N) is 2. The molecule has 0 bridgehead atoms. The van der Waals surface area contributed by atoms with E-state index in [1.54, 1.807) is 6.08 Å². The Kier molecular flexibility index (Phi) is 8.69. The van der Waals surface area contributed by atoms with E-state index in [0.29, 0.717) is 37.8 Å². The molecule has 6 nitrogen and oxygen atoms in total. The lowest BCUT2D eigenvalue weighted by atomic mass is 9.33. The topological polar surface area (TPSA) is 98.7 Å². The molecule has 258 valence electrons. The van der Waals surface area contributed by atoms with Gasteiger partial charge in [-0.2, -0.15) is 0 Å². The number of allylic oxidation sites excluding steroid dienone is 2. The van der Waals surface area contributed by atoms with Gasteiger partial charge in [0.1, 0.15) is 0 Å². The van der Waals surface area contributed by atoms with Crippen molar-refractivity contribution in [1.29, 1.82) is 0 Å². The Bertz CT molecular complexity index is 1430. The van der Waals surface area contributed by atoms with E-state index in [0.717, 1.165) is 50.5 Å². The van der Waals surface area contributed by atoms with Crippen molar-refractivity contribution >= 4 is 17.9 Å². The lowest BCUT2D eigenvalue weighted by Crippen LogP contribution is -2.68. The fourth-order valence-electron chi connectivity index (χ4n) is 12.1. The number of aliphatic hydroxyl groups is 2. The lowest BCUT2D eigenvalue weighted by Gasteiger charge is -2.71. The van der Waals surface area contributed by atoms with Gasteiger partial charge in [-0.05, 0) is 114 Å². The molecule has 5 aliphatic rings. The Morgan fingerprint density at radius 3 is 2.26 bits per heavy atom. The van der Waals surface area contributed by atoms with Crippen molar-refractivity contribution in [2.45, 2.75) is 118 Å². The third kappa shape index (κ3) is 5.35. The molecule has 6 rings (SSSR count). The Labute approximate surface area is 283 Å². The van der Waals surface area contributed by atoms with Gasteiger partial charge in [-0.1, -0.05) is 90.4 Å². The number of hydrogen-bond acceptors (Lipinski definition) is 4. The zero-order valence-electron chi connectivity index (χ0n) is 30.0. The second-order valence-electron chi connectivity index (χ2n) is 18.1. The maximum atomic E-state index is 14.4. The predicted octanol–water partition coefficient (Wildman–Crippen LogP) is 7.07. The molecule has 4 fully saturated rings. The van der Waals surface area contributed by atoms with Crippen molar-refractivity contribution < 1.29 is 19.8 Å². The van der Waals surface area contributed by atoms with Crippen molar-refractivity contribution in [3.63, 3.8) is 0 Å². The molecule has 0 heterocycles. The van der Waals surface area contributed by atoms with E-state index in [2.05, 4.69) is 65.2 Å². The van der Waals surface area contributed by atoms with Crippen LogP contribution in [0.5, 0.6) is 0 Å². The largest absolute Gasteiger partial charge is 0.393 e. The molecule has 6 heteroatoms. The molecule has 5 aliphatic carbocycles. The first-order chi connectivity index (χ1) is 22.0. The van der Waals surface area contributed by atoms with Crippen LogP contribution in [0.4, 0.5) is 0 Å². The van der Waals surface area contributed by atoms with E-state index >= 15 is 0 Å². The molecule has 4 saturated carbocycles. The highest BCUT2D eigenvalue weighted by Crippen LogP contribution is 2.75. The summed E-state index contributed by atoms with van der Waals surface area (Å²) in [6, 6.07) is 9.70. The molecule has 1 aromatic rings. The highest BCUT2D eigenvalue weighted by molar-refractivity contribution is 5.91. The molecule has 0 aromatic heterocycles. The molecule has 2 amide bonds. The second kappa shape index (κ2) is 11.9. The molecular weight excluding hydrogens is 584 g/mol. The Balaban J connectivity index is 1.24. The molecule has 0 unspecified atom stereocenters. The molecular formula is C41H60N2O4. The van der Waals surface area contributed by atoms with Crippen LogP contribution in [0, 0.1) is 50.2 Å². The first-order valence-corrected chi connectivity index (χ1v) is 18.4. The molecule has 1 aromatic carbocycles. The number of benzene rings is 1. The van der Waals surface area contributed by atoms with Gasteiger partial charge in [0.05, 0.1) is 17.6 Å². The fraction of sp³-hybridized carbons (Fsp3) is 0.707. The summed E-state index contributed by atoms with van der Waals surface area (Å²) in [7, 11) is 0. The van der Waals surface area contributed by atoms with Gasteiger partial charge >= 0.3 is 0 Å². The zero-order valence-corrected chi connectivity index (χ0v) is 30.0. The van der Waals surface area contributed by atoms with Gasteiger partial charge in [0.15, 0.2) is 0 Å². The molecule has 0 aliphatic heterocycles. The minimum absolute atomic E-state index is 0.00343. The monoisotopic (exact) mass is 644 g/mol. The summed E-state index contributed by atoms with van der Waals surface area (Å²) in [5, 5.41) is 29.5. The Morgan fingerprint density at radius 1 is 0.830 bits per heavy atom. The number of carbonyl (C=O) groups is 2. The van der Waals surface area contributed by atoms with Crippen LogP contribution in [0.1, 0.15) is 112 Å². The third-order valence-electron chi connectivity index (χ3n) is 15.0. The van der Waals surface area contributed by atoms with E-state index < -0.39 is 11.5 Å². The van der Waals surface area contributed by atoms with Gasteiger partial charge in [-0.25, -0.2) is 0 Å². The first-order valence-electron chi connectivity index (χ1n) is 18.4. The Morgan fingerprint density at radius 2 is 1.53 bits per heavy atom. The number of fused-ring (bicyclic) bond motifs is 7. The standard InChI is InChI=1S/C41H60N2O4/c1-36(2)21-22-41(35(47)43-24-23-42-34(46)16-13-27-11-9-8-10-12-27)29(25-36)28-14-15-31-38(5)19-18-32(44)37(3,4)30(38)17-20-39(31,6)40(28,7)26-33(41)45/h8-14,16,29-33,44-45H,15,17-26H2,1-7H3,(H,42,46)(H,43,47)/b16-13+/t29-,30-,31+,32-,33+,38-,39+,40+,41+/m0/s1. The molecule has 4 N–H and O–H groups in total. The smallest absolute Gasteiger partial charge is 0.244 e. The third-order valence-corrected chi connectivity index (χ3v) is 15.0. The second-order valence-corrected chi connectivity index (χ2v) is 18.1.